The predicted molar refractivity (Wildman–Crippen MR) is 103 cm³/mol. The molecule has 2 heterocycles. The fourth-order valence-electron chi connectivity index (χ4n) is 2.35. The quantitative estimate of drug-likeness (QED) is 0.763. The summed E-state index contributed by atoms with van der Waals surface area (Å²) in [4.78, 5) is 26.3. The van der Waals surface area contributed by atoms with Crippen LogP contribution in [0.1, 0.15) is 45.9 Å². The van der Waals surface area contributed by atoms with Crippen LogP contribution in [0.25, 0.3) is 6.08 Å². The van der Waals surface area contributed by atoms with E-state index in [1.165, 1.54) is 18.7 Å². The molecule has 0 aromatic carbocycles. The maximum atomic E-state index is 11.4. The topological polar surface area (TPSA) is 85.7 Å². The van der Waals surface area contributed by atoms with Crippen LogP contribution in [-0.4, -0.2) is 45.2 Å². The zero-order valence-electron chi connectivity index (χ0n) is 15.7. The second-order valence-corrected chi connectivity index (χ2v) is 8.39. The van der Waals surface area contributed by atoms with Gasteiger partial charge in [0.25, 0.3) is 0 Å². The first-order valence-corrected chi connectivity index (χ1v) is 9.35. The minimum absolute atomic E-state index is 0.0161. The highest BCUT2D eigenvalue weighted by Gasteiger charge is 2.52. The van der Waals surface area contributed by atoms with Gasteiger partial charge in [-0.3, -0.25) is 14.6 Å². The molecule has 0 spiro atoms. The molecule has 1 aromatic rings. The normalized spacial score (nSPS) is 18.8. The minimum atomic E-state index is -0.920. The van der Waals surface area contributed by atoms with Crippen LogP contribution in [0, 0.1) is 0 Å². The van der Waals surface area contributed by atoms with Gasteiger partial charge in [-0.25, -0.2) is 0 Å². The van der Waals surface area contributed by atoms with Crippen molar-refractivity contribution in [2.24, 2.45) is 0 Å². The average molecular weight is 377 g/mol. The van der Waals surface area contributed by atoms with Crippen molar-refractivity contribution in [1.82, 2.24) is 4.98 Å². The number of hydrogen-bond donors (Lipinski definition) is 1. The molecule has 8 heteroatoms. The standard InChI is InChI=1S/C18H24BNO5S/c1-12(21)26-11-14(19-24-17(2,3)18(4,5)25-19)8-13-6-7-15(20-10-13)9-16(22)23/h6-8,10H,9,11H2,1-5H3,(H,22,23). The number of pyridine rings is 1. The summed E-state index contributed by atoms with van der Waals surface area (Å²) in [6, 6.07) is 3.48. The molecular formula is C18H24BNO5S. The van der Waals surface area contributed by atoms with E-state index in [2.05, 4.69) is 4.98 Å². The van der Waals surface area contributed by atoms with Gasteiger partial charge in [0.2, 0.25) is 0 Å². The maximum Gasteiger partial charge on any atom is 0.491 e. The molecule has 1 aliphatic heterocycles. The Labute approximate surface area is 158 Å². The van der Waals surface area contributed by atoms with Crippen molar-refractivity contribution in [3.8, 4) is 0 Å². The van der Waals surface area contributed by atoms with Crippen molar-refractivity contribution in [3.05, 3.63) is 35.1 Å². The van der Waals surface area contributed by atoms with E-state index >= 15 is 0 Å². The van der Waals surface area contributed by atoms with Crippen molar-refractivity contribution in [3.63, 3.8) is 0 Å². The van der Waals surface area contributed by atoms with Gasteiger partial charge in [0, 0.05) is 18.9 Å². The van der Waals surface area contributed by atoms with E-state index in [1.807, 2.05) is 33.8 Å². The molecule has 1 aromatic heterocycles. The number of rotatable bonds is 6. The van der Waals surface area contributed by atoms with E-state index < -0.39 is 24.3 Å². The predicted octanol–water partition coefficient (Wildman–Crippen LogP) is 3.00. The fourth-order valence-corrected chi connectivity index (χ4v) is 2.94. The molecule has 0 aliphatic carbocycles. The molecule has 1 N–H and O–H groups in total. The number of thioether (sulfide) groups is 1. The Kier molecular flexibility index (Phi) is 6.31. The lowest BCUT2D eigenvalue weighted by Crippen LogP contribution is -2.41. The summed E-state index contributed by atoms with van der Waals surface area (Å²) in [5.41, 5.74) is 1.18. The van der Waals surface area contributed by atoms with Crippen LogP contribution in [0.4, 0.5) is 0 Å². The number of carboxylic acid groups (broad SMARTS) is 1. The SMILES string of the molecule is CC(=O)SCC(=Cc1ccc(CC(=O)O)nc1)B1OC(C)(C)C(C)(C)O1. The van der Waals surface area contributed by atoms with Gasteiger partial charge in [-0.05, 0) is 44.8 Å². The summed E-state index contributed by atoms with van der Waals surface area (Å²) >= 11 is 1.19. The van der Waals surface area contributed by atoms with Gasteiger partial charge in [0.15, 0.2) is 5.12 Å². The number of carbonyl (C=O) groups is 2. The molecule has 0 bridgehead atoms. The van der Waals surface area contributed by atoms with Crippen molar-refractivity contribution in [1.29, 1.82) is 0 Å². The minimum Gasteiger partial charge on any atom is -0.481 e. The second-order valence-electron chi connectivity index (χ2n) is 7.24. The third-order valence-corrected chi connectivity index (χ3v) is 5.41. The van der Waals surface area contributed by atoms with Crippen LogP contribution < -0.4 is 0 Å². The van der Waals surface area contributed by atoms with E-state index in [9.17, 15) is 9.59 Å². The fraction of sp³-hybridized carbons (Fsp3) is 0.500. The van der Waals surface area contributed by atoms with Gasteiger partial charge in [0.1, 0.15) is 0 Å². The Morgan fingerprint density at radius 2 is 1.85 bits per heavy atom. The van der Waals surface area contributed by atoms with Crippen LogP contribution in [0.2, 0.25) is 0 Å². The number of carbonyl (C=O) groups excluding carboxylic acids is 1. The van der Waals surface area contributed by atoms with Crippen LogP contribution in [0.15, 0.2) is 23.8 Å². The summed E-state index contributed by atoms with van der Waals surface area (Å²) in [5.74, 6) is -0.472. The molecule has 1 aliphatic rings. The molecule has 0 saturated carbocycles. The molecule has 1 saturated heterocycles. The first-order chi connectivity index (χ1) is 12.0. The van der Waals surface area contributed by atoms with Gasteiger partial charge in [0.05, 0.1) is 23.3 Å². The highest BCUT2D eigenvalue weighted by molar-refractivity contribution is 8.13. The highest BCUT2D eigenvalue weighted by Crippen LogP contribution is 2.39. The molecule has 26 heavy (non-hydrogen) atoms. The van der Waals surface area contributed by atoms with Crippen molar-refractivity contribution in [2.45, 2.75) is 52.2 Å². The summed E-state index contributed by atoms with van der Waals surface area (Å²) in [5, 5.41) is 8.84. The third kappa shape index (κ3) is 5.19. The lowest BCUT2D eigenvalue weighted by molar-refractivity contribution is -0.136. The Balaban J connectivity index is 2.25. The van der Waals surface area contributed by atoms with E-state index in [1.54, 1.807) is 18.3 Å². The van der Waals surface area contributed by atoms with E-state index in [4.69, 9.17) is 14.4 Å². The molecule has 0 unspecified atom stereocenters. The molecule has 0 atom stereocenters. The molecule has 6 nitrogen and oxygen atoms in total. The molecule has 0 amide bonds. The molecule has 140 valence electrons. The summed E-state index contributed by atoms with van der Waals surface area (Å²) < 4.78 is 12.2. The van der Waals surface area contributed by atoms with Crippen molar-refractivity contribution < 1.29 is 24.0 Å². The first-order valence-electron chi connectivity index (χ1n) is 8.36. The number of hydrogen-bond acceptors (Lipinski definition) is 6. The van der Waals surface area contributed by atoms with E-state index in [-0.39, 0.29) is 11.5 Å². The maximum absolute atomic E-state index is 11.4. The monoisotopic (exact) mass is 377 g/mol. The second kappa shape index (κ2) is 7.94. The number of aromatic nitrogens is 1. The number of nitrogens with zero attached hydrogens (tertiary/aromatic N) is 1. The zero-order chi connectivity index (χ0) is 19.5. The Hall–Kier alpha value is -1.64. The molecule has 1 fully saturated rings. The molecule has 2 rings (SSSR count). The van der Waals surface area contributed by atoms with Gasteiger partial charge in [-0.15, -0.1) is 0 Å². The van der Waals surface area contributed by atoms with Gasteiger partial charge in [-0.2, -0.15) is 0 Å². The molecule has 0 radical (unpaired) electrons. The summed E-state index contributed by atoms with van der Waals surface area (Å²) in [7, 11) is -0.550. The van der Waals surface area contributed by atoms with E-state index in [0.29, 0.717) is 11.4 Å². The summed E-state index contributed by atoms with van der Waals surface area (Å²) in [6.07, 6.45) is 3.38. The number of aliphatic carboxylic acids is 1. The molecular weight excluding hydrogens is 353 g/mol. The van der Waals surface area contributed by atoms with Crippen molar-refractivity contribution in [2.75, 3.05) is 5.75 Å². The lowest BCUT2D eigenvalue weighted by Gasteiger charge is -2.32. The largest absolute Gasteiger partial charge is 0.491 e. The van der Waals surface area contributed by atoms with Crippen LogP contribution in [0.5, 0.6) is 0 Å². The van der Waals surface area contributed by atoms with Gasteiger partial charge in [-0.1, -0.05) is 23.9 Å². The summed E-state index contributed by atoms with van der Waals surface area (Å²) in [6.45, 7) is 9.43. The highest BCUT2D eigenvalue weighted by atomic mass is 32.2. The van der Waals surface area contributed by atoms with Crippen LogP contribution in [-0.2, 0) is 25.3 Å². The Morgan fingerprint density at radius 1 is 1.23 bits per heavy atom. The number of carboxylic acids is 1. The smallest absolute Gasteiger partial charge is 0.481 e. The first kappa shape index (κ1) is 20.7. The van der Waals surface area contributed by atoms with Crippen LogP contribution in [0.3, 0.4) is 0 Å². The van der Waals surface area contributed by atoms with Gasteiger partial charge < -0.3 is 14.4 Å². The van der Waals surface area contributed by atoms with E-state index in [0.717, 1.165) is 11.0 Å². The zero-order valence-corrected chi connectivity index (χ0v) is 16.6. The van der Waals surface area contributed by atoms with Crippen molar-refractivity contribution >= 4 is 36.0 Å². The Bertz CT molecular complexity index is 699. The van der Waals surface area contributed by atoms with Crippen LogP contribution >= 0.6 is 11.8 Å². The average Bonchev–Trinajstić information content (AvgIpc) is 2.72. The lowest BCUT2D eigenvalue weighted by atomic mass is 9.78. The third-order valence-electron chi connectivity index (χ3n) is 4.53. The van der Waals surface area contributed by atoms with Gasteiger partial charge >= 0.3 is 13.1 Å². The Morgan fingerprint density at radius 3 is 2.31 bits per heavy atom.